The molecule has 1 nitrogen and oxygen atoms in total. The van der Waals surface area contributed by atoms with Crippen LogP contribution in [0, 0.1) is 17.8 Å². The Labute approximate surface area is 135 Å². The highest BCUT2D eigenvalue weighted by molar-refractivity contribution is 7.07. The van der Waals surface area contributed by atoms with Crippen LogP contribution in [0.5, 0.6) is 0 Å². The molecule has 2 heteroatoms. The van der Waals surface area contributed by atoms with Crippen molar-refractivity contribution >= 4 is 11.3 Å². The van der Waals surface area contributed by atoms with Crippen LogP contribution in [-0.2, 0) is 6.42 Å². The van der Waals surface area contributed by atoms with Crippen molar-refractivity contribution in [3.05, 3.63) is 22.4 Å². The lowest BCUT2D eigenvalue weighted by atomic mass is 9.71. The fourth-order valence-corrected chi connectivity index (χ4v) is 4.34. The van der Waals surface area contributed by atoms with E-state index in [1.54, 1.807) is 5.56 Å². The second kappa shape index (κ2) is 7.78. The summed E-state index contributed by atoms with van der Waals surface area (Å²) in [7, 11) is 0. The summed E-state index contributed by atoms with van der Waals surface area (Å²) in [6, 6.07) is 2.30. The lowest BCUT2D eigenvalue weighted by Gasteiger charge is -2.38. The van der Waals surface area contributed by atoms with Gasteiger partial charge in [-0.1, -0.05) is 19.8 Å². The van der Waals surface area contributed by atoms with E-state index >= 15 is 0 Å². The van der Waals surface area contributed by atoms with E-state index in [-0.39, 0.29) is 5.54 Å². The smallest absolute Gasteiger partial charge is 0.00966 e. The lowest BCUT2D eigenvalue weighted by Crippen LogP contribution is -2.42. The molecule has 0 amide bonds. The second-order valence-corrected chi connectivity index (χ2v) is 8.69. The van der Waals surface area contributed by atoms with Crippen LogP contribution in [0.25, 0.3) is 0 Å². The van der Waals surface area contributed by atoms with Gasteiger partial charge < -0.3 is 5.32 Å². The molecule has 3 unspecified atom stereocenters. The van der Waals surface area contributed by atoms with Gasteiger partial charge in [0, 0.05) is 5.54 Å². The van der Waals surface area contributed by atoms with E-state index in [1.165, 1.54) is 45.1 Å². The molecule has 0 bridgehead atoms. The van der Waals surface area contributed by atoms with Crippen molar-refractivity contribution in [2.24, 2.45) is 17.8 Å². The van der Waals surface area contributed by atoms with Gasteiger partial charge in [0.05, 0.1) is 0 Å². The maximum atomic E-state index is 3.75. The van der Waals surface area contributed by atoms with Gasteiger partial charge in [0.2, 0.25) is 0 Å². The minimum Gasteiger partial charge on any atom is -0.312 e. The van der Waals surface area contributed by atoms with E-state index in [1.807, 2.05) is 11.3 Å². The maximum Gasteiger partial charge on any atom is 0.00966 e. The number of aryl methyl sites for hydroxylation is 1. The predicted molar refractivity (Wildman–Crippen MR) is 95.0 cm³/mol. The molecule has 0 radical (unpaired) electrons. The average molecular weight is 308 g/mol. The van der Waals surface area contributed by atoms with Crippen molar-refractivity contribution in [1.82, 2.24) is 5.32 Å². The molecule has 21 heavy (non-hydrogen) atoms. The van der Waals surface area contributed by atoms with Crippen LogP contribution in [0.15, 0.2) is 16.8 Å². The van der Waals surface area contributed by atoms with Gasteiger partial charge in [0.15, 0.2) is 0 Å². The first-order valence-corrected chi connectivity index (χ1v) is 9.68. The van der Waals surface area contributed by atoms with Crippen molar-refractivity contribution in [2.45, 2.75) is 71.8 Å². The van der Waals surface area contributed by atoms with Crippen molar-refractivity contribution in [3.63, 3.8) is 0 Å². The van der Waals surface area contributed by atoms with E-state index in [9.17, 15) is 0 Å². The monoisotopic (exact) mass is 307 g/mol. The van der Waals surface area contributed by atoms with Crippen molar-refractivity contribution < 1.29 is 0 Å². The normalized spacial score (nSPS) is 27.0. The van der Waals surface area contributed by atoms with E-state index in [4.69, 9.17) is 0 Å². The molecule has 1 saturated carbocycles. The molecule has 0 aliphatic heterocycles. The van der Waals surface area contributed by atoms with Crippen LogP contribution in [0.3, 0.4) is 0 Å². The van der Waals surface area contributed by atoms with Gasteiger partial charge in [-0.05, 0) is 93.1 Å². The summed E-state index contributed by atoms with van der Waals surface area (Å²) < 4.78 is 0. The van der Waals surface area contributed by atoms with Gasteiger partial charge in [0.25, 0.3) is 0 Å². The molecule has 1 fully saturated rings. The molecule has 1 aromatic heterocycles. The topological polar surface area (TPSA) is 12.0 Å². The third-order valence-corrected chi connectivity index (χ3v) is 5.84. The first-order chi connectivity index (χ1) is 9.98. The summed E-state index contributed by atoms with van der Waals surface area (Å²) in [5.41, 5.74) is 1.79. The molecule has 3 atom stereocenters. The summed E-state index contributed by atoms with van der Waals surface area (Å²) in [6.07, 6.45) is 8.35. The fraction of sp³-hybridized carbons (Fsp3) is 0.789. The summed E-state index contributed by atoms with van der Waals surface area (Å²) in [6.45, 7) is 10.4. The quantitative estimate of drug-likeness (QED) is 0.730. The van der Waals surface area contributed by atoms with Crippen LogP contribution in [0.1, 0.15) is 65.4 Å². The molecule has 1 aliphatic rings. The summed E-state index contributed by atoms with van der Waals surface area (Å²) in [5, 5.41) is 8.28. The summed E-state index contributed by atoms with van der Waals surface area (Å²) >= 11 is 1.83. The zero-order valence-electron chi connectivity index (χ0n) is 14.3. The Bertz CT molecular complexity index is 390. The van der Waals surface area contributed by atoms with Crippen LogP contribution < -0.4 is 5.32 Å². The first kappa shape index (κ1) is 17.0. The second-order valence-electron chi connectivity index (χ2n) is 7.91. The van der Waals surface area contributed by atoms with Gasteiger partial charge in [-0.2, -0.15) is 11.3 Å². The number of nitrogens with one attached hydrogen (secondary N) is 1. The van der Waals surface area contributed by atoms with Gasteiger partial charge in [-0.3, -0.25) is 0 Å². The van der Waals surface area contributed by atoms with E-state index < -0.39 is 0 Å². The highest BCUT2D eigenvalue weighted by atomic mass is 32.1. The van der Waals surface area contributed by atoms with Gasteiger partial charge in [0.1, 0.15) is 0 Å². The molecular formula is C19H33NS. The highest BCUT2D eigenvalue weighted by Gasteiger charge is 2.30. The van der Waals surface area contributed by atoms with E-state index in [0.29, 0.717) is 0 Å². The Morgan fingerprint density at radius 1 is 1.24 bits per heavy atom. The Kier molecular flexibility index (Phi) is 6.31. The minimum absolute atomic E-state index is 0.250. The Hall–Kier alpha value is -0.340. The standard InChI is InChI=1S/C19H33NS/c1-5-15-6-9-18(13-20-19(2,3)4)17(12-15)8-7-16-10-11-21-14-16/h10-11,14-15,17-18,20H,5-9,12-13H2,1-4H3. The van der Waals surface area contributed by atoms with E-state index in [2.05, 4.69) is 49.8 Å². The van der Waals surface area contributed by atoms with Crippen LogP contribution in [0.4, 0.5) is 0 Å². The number of rotatable bonds is 6. The zero-order chi connectivity index (χ0) is 15.3. The number of hydrogen-bond acceptors (Lipinski definition) is 2. The molecule has 0 saturated heterocycles. The van der Waals surface area contributed by atoms with Gasteiger partial charge in [-0.25, -0.2) is 0 Å². The third-order valence-electron chi connectivity index (χ3n) is 5.10. The molecule has 0 spiro atoms. The molecule has 1 N–H and O–H groups in total. The molecule has 0 aromatic carbocycles. The van der Waals surface area contributed by atoms with Gasteiger partial charge in [-0.15, -0.1) is 0 Å². The first-order valence-electron chi connectivity index (χ1n) is 8.74. The SMILES string of the molecule is CCC1CCC(CNC(C)(C)C)C(CCc2ccsc2)C1. The third kappa shape index (κ3) is 5.75. The fourth-order valence-electron chi connectivity index (χ4n) is 3.64. The Morgan fingerprint density at radius 2 is 2.05 bits per heavy atom. The van der Waals surface area contributed by atoms with Crippen LogP contribution in [0.2, 0.25) is 0 Å². The van der Waals surface area contributed by atoms with Gasteiger partial charge >= 0.3 is 0 Å². The molecule has 2 rings (SSSR count). The Morgan fingerprint density at radius 3 is 2.67 bits per heavy atom. The Balaban J connectivity index is 1.89. The molecule has 120 valence electrons. The predicted octanol–water partition coefficient (Wildman–Crippen LogP) is 5.51. The van der Waals surface area contributed by atoms with Crippen molar-refractivity contribution in [1.29, 1.82) is 0 Å². The minimum atomic E-state index is 0.250. The van der Waals surface area contributed by atoms with Crippen LogP contribution >= 0.6 is 11.3 Å². The number of hydrogen-bond donors (Lipinski definition) is 1. The summed E-state index contributed by atoms with van der Waals surface area (Å²) in [5.74, 6) is 2.77. The van der Waals surface area contributed by atoms with E-state index in [0.717, 1.165) is 17.8 Å². The molecule has 1 heterocycles. The molecule has 1 aromatic rings. The van der Waals surface area contributed by atoms with Crippen LogP contribution in [-0.4, -0.2) is 12.1 Å². The molecule has 1 aliphatic carbocycles. The highest BCUT2D eigenvalue weighted by Crippen LogP contribution is 2.38. The number of thiophene rings is 1. The molecular weight excluding hydrogens is 274 g/mol. The van der Waals surface area contributed by atoms with Crippen molar-refractivity contribution in [2.75, 3.05) is 6.54 Å². The average Bonchev–Trinajstić information content (AvgIpc) is 2.95. The summed E-state index contributed by atoms with van der Waals surface area (Å²) in [4.78, 5) is 0. The maximum absolute atomic E-state index is 3.75. The largest absolute Gasteiger partial charge is 0.312 e. The van der Waals surface area contributed by atoms with Crippen molar-refractivity contribution in [3.8, 4) is 0 Å². The zero-order valence-corrected chi connectivity index (χ0v) is 15.1. The lowest BCUT2D eigenvalue weighted by molar-refractivity contribution is 0.155.